The maximum Gasteiger partial charge on any atom is 0.160 e. The van der Waals surface area contributed by atoms with E-state index in [1.165, 1.54) is 0 Å². The van der Waals surface area contributed by atoms with Crippen LogP contribution in [0.1, 0.15) is 11.5 Å². The van der Waals surface area contributed by atoms with Gasteiger partial charge in [-0.2, -0.15) is 0 Å². The van der Waals surface area contributed by atoms with E-state index in [0.717, 1.165) is 30.1 Å². The lowest BCUT2D eigenvalue weighted by Crippen LogP contribution is -2.18. The van der Waals surface area contributed by atoms with Gasteiger partial charge in [0.1, 0.15) is 5.82 Å². The van der Waals surface area contributed by atoms with Crippen molar-refractivity contribution in [1.29, 1.82) is 0 Å². The minimum atomic E-state index is 0.0657. The van der Waals surface area contributed by atoms with E-state index in [1.54, 1.807) is 4.68 Å². The molecule has 0 aromatic carbocycles. The van der Waals surface area contributed by atoms with Crippen molar-refractivity contribution in [3.8, 4) is 0 Å². The standard InChI is InChI=1S/C13H17N7O/c21-8-7-19-10-11(15-18-19)9-14-5-4-13-17-16-12-3-1-2-6-20(12)13/h1-3,6,10,14,21H,4-5,7-9H2. The van der Waals surface area contributed by atoms with Crippen LogP contribution in [0.4, 0.5) is 0 Å². The van der Waals surface area contributed by atoms with Crippen LogP contribution in [0, 0.1) is 0 Å². The molecule has 0 aliphatic heterocycles. The molecule has 0 saturated heterocycles. The monoisotopic (exact) mass is 287 g/mol. The second-order valence-corrected chi connectivity index (χ2v) is 4.67. The van der Waals surface area contributed by atoms with E-state index in [2.05, 4.69) is 25.8 Å². The topological polar surface area (TPSA) is 93.2 Å². The maximum atomic E-state index is 8.82. The SMILES string of the molecule is OCCn1cc(CNCCc2nnc3ccccn23)nn1. The van der Waals surface area contributed by atoms with Crippen molar-refractivity contribution in [1.82, 2.24) is 34.9 Å². The predicted molar refractivity (Wildman–Crippen MR) is 75.5 cm³/mol. The third-order valence-electron chi connectivity index (χ3n) is 3.13. The van der Waals surface area contributed by atoms with Gasteiger partial charge in [-0.15, -0.1) is 15.3 Å². The van der Waals surface area contributed by atoms with Gasteiger partial charge in [0.05, 0.1) is 18.8 Å². The normalized spacial score (nSPS) is 11.3. The van der Waals surface area contributed by atoms with Crippen molar-refractivity contribution in [2.45, 2.75) is 19.5 Å². The molecule has 0 bridgehead atoms. The molecule has 0 amide bonds. The highest BCUT2D eigenvalue weighted by atomic mass is 16.3. The molecule has 2 N–H and O–H groups in total. The molecular formula is C13H17N7O. The highest BCUT2D eigenvalue weighted by molar-refractivity contribution is 5.36. The zero-order valence-corrected chi connectivity index (χ0v) is 11.6. The fraction of sp³-hybridized carbons (Fsp3) is 0.385. The quantitative estimate of drug-likeness (QED) is 0.577. The largest absolute Gasteiger partial charge is 0.394 e. The number of hydrogen-bond donors (Lipinski definition) is 2. The smallest absolute Gasteiger partial charge is 0.160 e. The summed E-state index contributed by atoms with van der Waals surface area (Å²) in [6, 6.07) is 5.85. The first-order valence-electron chi connectivity index (χ1n) is 6.86. The molecule has 0 spiro atoms. The number of aliphatic hydroxyl groups is 1. The minimum Gasteiger partial charge on any atom is -0.394 e. The Kier molecular flexibility index (Phi) is 4.17. The van der Waals surface area contributed by atoms with E-state index in [1.807, 2.05) is 35.0 Å². The number of aromatic nitrogens is 6. The number of nitrogens with zero attached hydrogens (tertiary/aromatic N) is 6. The lowest BCUT2D eigenvalue weighted by Gasteiger charge is -2.01. The van der Waals surface area contributed by atoms with Crippen molar-refractivity contribution in [3.63, 3.8) is 0 Å². The molecule has 0 atom stereocenters. The van der Waals surface area contributed by atoms with Crippen molar-refractivity contribution >= 4 is 5.65 Å². The summed E-state index contributed by atoms with van der Waals surface area (Å²) in [5.41, 5.74) is 1.72. The van der Waals surface area contributed by atoms with Gasteiger partial charge in [0.2, 0.25) is 0 Å². The van der Waals surface area contributed by atoms with Crippen molar-refractivity contribution in [3.05, 3.63) is 42.1 Å². The van der Waals surface area contributed by atoms with Gasteiger partial charge in [-0.25, -0.2) is 4.68 Å². The molecule has 8 nitrogen and oxygen atoms in total. The van der Waals surface area contributed by atoms with Gasteiger partial charge in [0.25, 0.3) is 0 Å². The summed E-state index contributed by atoms with van der Waals surface area (Å²) < 4.78 is 3.61. The van der Waals surface area contributed by atoms with Crippen LogP contribution in [0.25, 0.3) is 5.65 Å². The lowest BCUT2D eigenvalue weighted by atomic mass is 10.3. The molecule has 0 radical (unpaired) electrons. The van der Waals surface area contributed by atoms with E-state index in [4.69, 9.17) is 5.11 Å². The van der Waals surface area contributed by atoms with Gasteiger partial charge in [-0.05, 0) is 12.1 Å². The number of nitrogens with one attached hydrogen (secondary N) is 1. The highest BCUT2D eigenvalue weighted by Crippen LogP contribution is 2.03. The summed E-state index contributed by atoms with van der Waals surface area (Å²) in [5.74, 6) is 0.932. The van der Waals surface area contributed by atoms with Gasteiger partial charge >= 0.3 is 0 Å². The number of pyridine rings is 1. The van der Waals surface area contributed by atoms with Crippen molar-refractivity contribution < 1.29 is 5.11 Å². The third-order valence-corrected chi connectivity index (χ3v) is 3.13. The van der Waals surface area contributed by atoms with Crippen LogP contribution in [0.5, 0.6) is 0 Å². The lowest BCUT2D eigenvalue weighted by molar-refractivity contribution is 0.268. The molecule has 3 aromatic heterocycles. The molecule has 0 unspecified atom stereocenters. The average molecular weight is 287 g/mol. The fourth-order valence-corrected chi connectivity index (χ4v) is 2.11. The minimum absolute atomic E-state index is 0.0657. The first-order chi connectivity index (χ1) is 10.4. The van der Waals surface area contributed by atoms with E-state index in [0.29, 0.717) is 13.1 Å². The predicted octanol–water partition coefficient (Wildman–Crippen LogP) is -0.355. The Balaban J connectivity index is 1.49. The summed E-state index contributed by atoms with van der Waals surface area (Å²) in [7, 11) is 0. The molecule has 3 heterocycles. The Labute approximate surface area is 121 Å². The molecule has 0 saturated carbocycles. The Morgan fingerprint density at radius 2 is 2.14 bits per heavy atom. The van der Waals surface area contributed by atoms with Gasteiger partial charge in [0.15, 0.2) is 5.65 Å². The summed E-state index contributed by atoms with van der Waals surface area (Å²) >= 11 is 0. The van der Waals surface area contributed by atoms with E-state index >= 15 is 0 Å². The van der Waals surface area contributed by atoms with Gasteiger partial charge in [-0.3, -0.25) is 4.40 Å². The van der Waals surface area contributed by atoms with E-state index < -0.39 is 0 Å². The molecule has 21 heavy (non-hydrogen) atoms. The van der Waals surface area contributed by atoms with Crippen LogP contribution in [-0.4, -0.2) is 47.9 Å². The summed E-state index contributed by atoms with van der Waals surface area (Å²) in [4.78, 5) is 0. The van der Waals surface area contributed by atoms with Crippen molar-refractivity contribution in [2.24, 2.45) is 0 Å². The molecule has 3 aromatic rings. The summed E-state index contributed by atoms with van der Waals surface area (Å²) in [6.45, 7) is 1.96. The second-order valence-electron chi connectivity index (χ2n) is 4.67. The Hall–Kier alpha value is -2.32. The molecule has 8 heteroatoms. The summed E-state index contributed by atoms with van der Waals surface area (Å²) in [6.07, 6.45) is 4.58. The average Bonchev–Trinajstić information content (AvgIpc) is 3.11. The molecule has 3 rings (SSSR count). The van der Waals surface area contributed by atoms with E-state index in [-0.39, 0.29) is 6.61 Å². The fourth-order valence-electron chi connectivity index (χ4n) is 2.11. The van der Waals surface area contributed by atoms with Crippen LogP contribution >= 0.6 is 0 Å². The van der Waals surface area contributed by atoms with Crippen molar-refractivity contribution in [2.75, 3.05) is 13.2 Å². The highest BCUT2D eigenvalue weighted by Gasteiger charge is 2.04. The zero-order valence-electron chi connectivity index (χ0n) is 11.6. The number of fused-ring (bicyclic) bond motifs is 1. The van der Waals surface area contributed by atoms with Gasteiger partial charge < -0.3 is 10.4 Å². The second kappa shape index (κ2) is 6.42. The first-order valence-corrected chi connectivity index (χ1v) is 6.86. The number of rotatable bonds is 7. The Morgan fingerprint density at radius 3 is 3.05 bits per heavy atom. The summed E-state index contributed by atoms with van der Waals surface area (Å²) in [5, 5.41) is 28.4. The van der Waals surface area contributed by atoms with Gasteiger partial charge in [-0.1, -0.05) is 11.3 Å². The molecular weight excluding hydrogens is 270 g/mol. The Morgan fingerprint density at radius 1 is 1.19 bits per heavy atom. The maximum absolute atomic E-state index is 8.82. The molecule has 110 valence electrons. The molecule has 0 fully saturated rings. The van der Waals surface area contributed by atoms with E-state index in [9.17, 15) is 0 Å². The first kappa shape index (κ1) is 13.7. The van der Waals surface area contributed by atoms with Crippen LogP contribution in [0.2, 0.25) is 0 Å². The van der Waals surface area contributed by atoms with Crippen LogP contribution in [-0.2, 0) is 19.5 Å². The molecule has 0 aliphatic rings. The van der Waals surface area contributed by atoms with Crippen LogP contribution in [0.3, 0.4) is 0 Å². The zero-order chi connectivity index (χ0) is 14.5. The number of hydrogen-bond acceptors (Lipinski definition) is 6. The van der Waals surface area contributed by atoms with Gasteiger partial charge in [0, 0.05) is 31.9 Å². The number of aliphatic hydroxyl groups excluding tert-OH is 1. The third kappa shape index (κ3) is 3.23. The van der Waals surface area contributed by atoms with Crippen LogP contribution in [0.15, 0.2) is 30.6 Å². The van der Waals surface area contributed by atoms with Crippen LogP contribution < -0.4 is 5.32 Å². The Bertz CT molecular complexity index is 705. The molecule has 0 aliphatic carbocycles.